The van der Waals surface area contributed by atoms with E-state index in [1.165, 1.54) is 0 Å². The summed E-state index contributed by atoms with van der Waals surface area (Å²) in [6.07, 6.45) is 1.31. The Labute approximate surface area is 164 Å². The van der Waals surface area contributed by atoms with Gasteiger partial charge in [0.2, 0.25) is 11.8 Å². The Bertz CT molecular complexity index is 894. The lowest BCUT2D eigenvalue weighted by Gasteiger charge is -2.11. The molecule has 0 spiro atoms. The number of carbonyl (C=O) groups excluding carboxylic acids is 3. The maximum absolute atomic E-state index is 12.6. The van der Waals surface area contributed by atoms with Crippen molar-refractivity contribution < 1.29 is 19.1 Å². The highest BCUT2D eigenvalue weighted by Crippen LogP contribution is 2.40. The van der Waals surface area contributed by atoms with Crippen LogP contribution in [0.25, 0.3) is 0 Å². The van der Waals surface area contributed by atoms with Crippen molar-refractivity contribution in [2.45, 2.75) is 26.7 Å². The van der Waals surface area contributed by atoms with Crippen LogP contribution in [0.1, 0.15) is 36.2 Å². The molecule has 2 aromatic carbocycles. The lowest BCUT2D eigenvalue weighted by atomic mass is 10.1. The van der Waals surface area contributed by atoms with Gasteiger partial charge in [0.05, 0.1) is 29.7 Å². The molecule has 3 rings (SSSR count). The highest BCUT2D eigenvalue weighted by atomic mass is 16.5. The lowest BCUT2D eigenvalue weighted by Crippen LogP contribution is -2.22. The molecular weight excluding hydrogens is 356 g/mol. The second-order valence-corrected chi connectivity index (χ2v) is 6.70. The summed E-state index contributed by atoms with van der Waals surface area (Å²) in [4.78, 5) is 37.1. The molecular formula is C22H24N2O4. The van der Waals surface area contributed by atoms with Gasteiger partial charge in [0.15, 0.2) is 0 Å². The van der Waals surface area contributed by atoms with Crippen molar-refractivity contribution >= 4 is 29.2 Å². The number of amides is 2. The Balaban J connectivity index is 1.62. The fourth-order valence-electron chi connectivity index (χ4n) is 3.15. The first-order valence-electron chi connectivity index (χ1n) is 9.50. The zero-order valence-corrected chi connectivity index (χ0v) is 16.0. The maximum Gasteiger partial charge on any atom is 0.340 e. The summed E-state index contributed by atoms with van der Waals surface area (Å²) < 4.78 is 5.02. The summed E-state index contributed by atoms with van der Waals surface area (Å²) in [5, 5.41) is 5.69. The standard InChI is InChI=1S/C22H24N2O4/c1-3-14-9-5-7-11-18(14)23-20(25)16-13-17(16)21(26)24-19-12-8-6-10-15(19)22(27)28-4-2/h5-12,16-17H,3-4,13H2,1-2H3,(H,23,25)(H,24,26). The number of esters is 1. The molecule has 146 valence electrons. The van der Waals surface area contributed by atoms with Gasteiger partial charge in [0.25, 0.3) is 0 Å². The van der Waals surface area contributed by atoms with E-state index < -0.39 is 11.9 Å². The number of para-hydroxylation sites is 2. The second kappa shape index (κ2) is 8.69. The van der Waals surface area contributed by atoms with Crippen LogP contribution >= 0.6 is 0 Å². The molecule has 1 saturated carbocycles. The molecule has 0 saturated heterocycles. The summed E-state index contributed by atoms with van der Waals surface area (Å²) in [5.41, 5.74) is 2.54. The number of aryl methyl sites for hydroxylation is 1. The van der Waals surface area contributed by atoms with Crippen LogP contribution in [0, 0.1) is 11.8 Å². The quantitative estimate of drug-likeness (QED) is 0.718. The molecule has 0 heterocycles. The van der Waals surface area contributed by atoms with E-state index in [1.807, 2.05) is 31.2 Å². The second-order valence-electron chi connectivity index (χ2n) is 6.70. The van der Waals surface area contributed by atoms with Crippen molar-refractivity contribution in [2.24, 2.45) is 11.8 Å². The molecule has 28 heavy (non-hydrogen) atoms. The Morgan fingerprint density at radius 2 is 1.46 bits per heavy atom. The van der Waals surface area contributed by atoms with Crippen LogP contribution in [0.3, 0.4) is 0 Å². The molecule has 1 aliphatic rings. The average Bonchev–Trinajstić information content (AvgIpc) is 3.50. The van der Waals surface area contributed by atoms with Crippen LogP contribution < -0.4 is 10.6 Å². The largest absolute Gasteiger partial charge is 0.462 e. The number of ether oxygens (including phenoxy) is 1. The molecule has 2 unspecified atom stereocenters. The minimum atomic E-state index is -0.486. The number of benzene rings is 2. The van der Waals surface area contributed by atoms with Crippen molar-refractivity contribution in [2.75, 3.05) is 17.2 Å². The highest BCUT2D eigenvalue weighted by Gasteiger charge is 2.48. The number of hydrogen-bond donors (Lipinski definition) is 2. The third-order valence-electron chi connectivity index (χ3n) is 4.80. The van der Waals surface area contributed by atoms with Gasteiger partial charge in [-0.1, -0.05) is 37.3 Å². The Hall–Kier alpha value is -3.15. The van der Waals surface area contributed by atoms with E-state index >= 15 is 0 Å². The summed E-state index contributed by atoms with van der Waals surface area (Å²) in [6, 6.07) is 14.3. The minimum absolute atomic E-state index is 0.153. The summed E-state index contributed by atoms with van der Waals surface area (Å²) in [5.74, 6) is -1.66. The zero-order chi connectivity index (χ0) is 20.1. The number of nitrogens with one attached hydrogen (secondary N) is 2. The van der Waals surface area contributed by atoms with E-state index in [2.05, 4.69) is 10.6 Å². The van der Waals surface area contributed by atoms with Gasteiger partial charge >= 0.3 is 5.97 Å². The third-order valence-corrected chi connectivity index (χ3v) is 4.80. The monoisotopic (exact) mass is 380 g/mol. The highest BCUT2D eigenvalue weighted by molar-refractivity contribution is 6.06. The Morgan fingerprint density at radius 1 is 0.893 bits per heavy atom. The number of carbonyl (C=O) groups is 3. The third kappa shape index (κ3) is 4.39. The topological polar surface area (TPSA) is 84.5 Å². The van der Waals surface area contributed by atoms with Gasteiger partial charge in [-0.3, -0.25) is 9.59 Å². The van der Waals surface area contributed by atoms with Crippen LogP contribution in [0.15, 0.2) is 48.5 Å². The van der Waals surface area contributed by atoms with E-state index in [0.29, 0.717) is 17.7 Å². The smallest absolute Gasteiger partial charge is 0.340 e. The van der Waals surface area contributed by atoms with Crippen LogP contribution in [-0.2, 0) is 20.7 Å². The molecule has 0 aliphatic heterocycles. The van der Waals surface area contributed by atoms with Crippen molar-refractivity contribution in [3.8, 4) is 0 Å². The molecule has 6 nitrogen and oxygen atoms in total. The fourth-order valence-corrected chi connectivity index (χ4v) is 3.15. The van der Waals surface area contributed by atoms with Gasteiger partial charge in [0, 0.05) is 5.69 Å². The van der Waals surface area contributed by atoms with E-state index in [1.54, 1.807) is 31.2 Å². The van der Waals surface area contributed by atoms with Gasteiger partial charge < -0.3 is 15.4 Å². The van der Waals surface area contributed by atoms with Crippen LogP contribution in [0.4, 0.5) is 11.4 Å². The van der Waals surface area contributed by atoms with E-state index in [4.69, 9.17) is 4.74 Å². The van der Waals surface area contributed by atoms with E-state index in [9.17, 15) is 14.4 Å². The predicted molar refractivity (Wildman–Crippen MR) is 107 cm³/mol. The van der Waals surface area contributed by atoms with Gasteiger partial charge in [-0.05, 0) is 43.5 Å². The van der Waals surface area contributed by atoms with Gasteiger partial charge in [0.1, 0.15) is 0 Å². The molecule has 2 aromatic rings. The maximum atomic E-state index is 12.6. The fraction of sp³-hybridized carbons (Fsp3) is 0.318. The van der Waals surface area contributed by atoms with Gasteiger partial charge in [-0.2, -0.15) is 0 Å². The summed E-state index contributed by atoms with van der Waals surface area (Å²) in [7, 11) is 0. The summed E-state index contributed by atoms with van der Waals surface area (Å²) in [6.45, 7) is 4.01. The van der Waals surface area contributed by atoms with Gasteiger partial charge in [-0.25, -0.2) is 4.79 Å². The SMILES string of the molecule is CCOC(=O)c1ccccc1NC(=O)C1CC1C(=O)Nc1ccccc1CC. The molecule has 1 fully saturated rings. The van der Waals surface area contributed by atoms with E-state index in [-0.39, 0.29) is 24.3 Å². The molecule has 0 bridgehead atoms. The Kier molecular flexibility index (Phi) is 6.09. The van der Waals surface area contributed by atoms with Crippen molar-refractivity contribution in [3.63, 3.8) is 0 Å². The van der Waals surface area contributed by atoms with Crippen molar-refractivity contribution in [1.29, 1.82) is 0 Å². The van der Waals surface area contributed by atoms with Crippen LogP contribution in [0.2, 0.25) is 0 Å². The molecule has 2 atom stereocenters. The van der Waals surface area contributed by atoms with Crippen LogP contribution in [0.5, 0.6) is 0 Å². The van der Waals surface area contributed by atoms with Crippen LogP contribution in [-0.4, -0.2) is 24.4 Å². The molecule has 2 N–H and O–H groups in total. The molecule has 2 amide bonds. The molecule has 1 aliphatic carbocycles. The molecule has 0 aromatic heterocycles. The van der Waals surface area contributed by atoms with Crippen molar-refractivity contribution in [1.82, 2.24) is 0 Å². The first-order valence-corrected chi connectivity index (χ1v) is 9.50. The Morgan fingerprint density at radius 3 is 2.11 bits per heavy atom. The predicted octanol–water partition coefficient (Wildman–Crippen LogP) is 3.64. The molecule has 0 radical (unpaired) electrons. The van der Waals surface area contributed by atoms with Crippen molar-refractivity contribution in [3.05, 3.63) is 59.7 Å². The summed E-state index contributed by atoms with van der Waals surface area (Å²) >= 11 is 0. The first-order chi connectivity index (χ1) is 13.5. The first kappa shape index (κ1) is 19.6. The van der Waals surface area contributed by atoms with Gasteiger partial charge in [-0.15, -0.1) is 0 Å². The zero-order valence-electron chi connectivity index (χ0n) is 16.0. The lowest BCUT2D eigenvalue weighted by molar-refractivity contribution is -0.122. The molecule has 6 heteroatoms. The minimum Gasteiger partial charge on any atom is -0.462 e. The number of anilines is 2. The number of rotatable bonds is 7. The van der Waals surface area contributed by atoms with E-state index in [0.717, 1.165) is 17.7 Å². The normalized spacial score (nSPS) is 17.5. The average molecular weight is 380 g/mol. The number of hydrogen-bond acceptors (Lipinski definition) is 4.